The summed E-state index contributed by atoms with van der Waals surface area (Å²) < 4.78 is 0. The molecule has 0 aromatic carbocycles. The largest absolute Gasteiger partial charge is 0.479 e. The lowest BCUT2D eigenvalue weighted by Crippen LogP contribution is -2.33. The number of carbonyl (C=O) groups is 1. The van der Waals surface area contributed by atoms with Gasteiger partial charge in [-0.25, -0.2) is 4.79 Å². The number of aliphatic hydroxyl groups excluding tert-OH is 1. The standard InChI is InChI=1S/C9H17NO3/c1-10(2)6-5-9(3-4-9)7(11)8(12)13/h7,11H,3-6H2,1-2H3,(H,12,13). The number of hydrogen-bond acceptors (Lipinski definition) is 3. The molecule has 4 nitrogen and oxygen atoms in total. The summed E-state index contributed by atoms with van der Waals surface area (Å²) >= 11 is 0. The lowest BCUT2D eigenvalue weighted by atomic mass is 9.95. The molecule has 1 rings (SSSR count). The molecule has 0 heterocycles. The third-order valence-corrected chi connectivity index (χ3v) is 2.76. The van der Waals surface area contributed by atoms with Gasteiger partial charge in [-0.1, -0.05) is 0 Å². The first kappa shape index (κ1) is 10.5. The van der Waals surface area contributed by atoms with Gasteiger partial charge in [0.15, 0.2) is 6.10 Å². The van der Waals surface area contributed by atoms with E-state index < -0.39 is 12.1 Å². The molecule has 0 bridgehead atoms. The molecule has 0 aliphatic heterocycles. The van der Waals surface area contributed by atoms with E-state index in [-0.39, 0.29) is 5.41 Å². The van der Waals surface area contributed by atoms with Crippen molar-refractivity contribution in [1.82, 2.24) is 4.90 Å². The van der Waals surface area contributed by atoms with Gasteiger partial charge in [-0.05, 0) is 39.9 Å². The van der Waals surface area contributed by atoms with Gasteiger partial charge >= 0.3 is 5.97 Å². The molecule has 13 heavy (non-hydrogen) atoms. The van der Waals surface area contributed by atoms with Gasteiger partial charge in [-0.3, -0.25) is 0 Å². The SMILES string of the molecule is CN(C)CCC1(C(O)C(=O)O)CC1. The van der Waals surface area contributed by atoms with E-state index in [0.29, 0.717) is 0 Å². The van der Waals surface area contributed by atoms with Gasteiger partial charge in [0.1, 0.15) is 0 Å². The Kier molecular flexibility index (Phi) is 2.93. The van der Waals surface area contributed by atoms with Crippen LogP contribution in [0.1, 0.15) is 19.3 Å². The first-order valence-electron chi connectivity index (χ1n) is 4.53. The molecule has 0 aromatic rings. The average molecular weight is 187 g/mol. The van der Waals surface area contributed by atoms with Crippen LogP contribution in [0.15, 0.2) is 0 Å². The second kappa shape index (κ2) is 3.64. The van der Waals surface area contributed by atoms with Crippen LogP contribution in [0, 0.1) is 5.41 Å². The maximum atomic E-state index is 10.6. The lowest BCUT2D eigenvalue weighted by molar-refractivity contribution is -0.150. The molecule has 4 heteroatoms. The van der Waals surface area contributed by atoms with Gasteiger partial charge in [0, 0.05) is 5.41 Å². The van der Waals surface area contributed by atoms with Crippen LogP contribution in [-0.4, -0.2) is 47.8 Å². The smallest absolute Gasteiger partial charge is 0.333 e. The van der Waals surface area contributed by atoms with Gasteiger partial charge in [-0.15, -0.1) is 0 Å². The molecule has 0 amide bonds. The van der Waals surface area contributed by atoms with Crippen LogP contribution >= 0.6 is 0 Å². The number of aliphatic carboxylic acids is 1. The summed E-state index contributed by atoms with van der Waals surface area (Å²) in [5.74, 6) is -1.09. The monoisotopic (exact) mass is 187 g/mol. The highest BCUT2D eigenvalue weighted by Gasteiger charge is 2.51. The van der Waals surface area contributed by atoms with E-state index in [1.807, 2.05) is 19.0 Å². The number of carboxylic acid groups (broad SMARTS) is 1. The molecule has 1 fully saturated rings. The summed E-state index contributed by atoms with van der Waals surface area (Å²) in [5, 5.41) is 18.1. The van der Waals surface area contributed by atoms with E-state index >= 15 is 0 Å². The number of rotatable bonds is 5. The van der Waals surface area contributed by atoms with E-state index in [9.17, 15) is 9.90 Å². The van der Waals surface area contributed by atoms with E-state index in [2.05, 4.69) is 0 Å². The molecule has 2 N–H and O–H groups in total. The second-order valence-corrected chi connectivity index (χ2v) is 4.16. The van der Waals surface area contributed by atoms with Gasteiger partial charge in [0.25, 0.3) is 0 Å². The Balaban J connectivity index is 2.42. The fourth-order valence-electron chi connectivity index (χ4n) is 1.53. The van der Waals surface area contributed by atoms with Crippen molar-refractivity contribution < 1.29 is 15.0 Å². The summed E-state index contributed by atoms with van der Waals surface area (Å²) in [6.45, 7) is 0.838. The molecule has 76 valence electrons. The molecular weight excluding hydrogens is 170 g/mol. The topological polar surface area (TPSA) is 60.8 Å². The third-order valence-electron chi connectivity index (χ3n) is 2.76. The maximum Gasteiger partial charge on any atom is 0.333 e. The fourth-order valence-corrected chi connectivity index (χ4v) is 1.53. The Morgan fingerprint density at radius 1 is 1.54 bits per heavy atom. The Bertz CT molecular complexity index is 199. The van der Waals surface area contributed by atoms with Crippen LogP contribution in [-0.2, 0) is 4.79 Å². The molecular formula is C9H17NO3. The van der Waals surface area contributed by atoms with Crippen LogP contribution in [0.5, 0.6) is 0 Å². The molecule has 1 atom stereocenters. The van der Waals surface area contributed by atoms with Gasteiger partial charge in [0.2, 0.25) is 0 Å². The number of hydrogen-bond donors (Lipinski definition) is 2. The van der Waals surface area contributed by atoms with Crippen molar-refractivity contribution >= 4 is 5.97 Å². The summed E-state index contributed by atoms with van der Waals surface area (Å²) in [6, 6.07) is 0. The molecule has 1 unspecified atom stereocenters. The van der Waals surface area contributed by atoms with Crippen LogP contribution in [0.2, 0.25) is 0 Å². The van der Waals surface area contributed by atoms with Crippen LogP contribution in [0.4, 0.5) is 0 Å². The Morgan fingerprint density at radius 2 is 2.08 bits per heavy atom. The summed E-state index contributed by atoms with van der Waals surface area (Å²) in [5.41, 5.74) is -0.323. The minimum atomic E-state index is -1.17. The predicted octanol–water partition coefficient (Wildman–Crippen LogP) is 0.164. The van der Waals surface area contributed by atoms with Crippen LogP contribution in [0.3, 0.4) is 0 Å². The van der Waals surface area contributed by atoms with Gasteiger partial charge in [0.05, 0.1) is 0 Å². The zero-order valence-corrected chi connectivity index (χ0v) is 8.16. The predicted molar refractivity (Wildman–Crippen MR) is 48.5 cm³/mol. The minimum absolute atomic E-state index is 0.323. The second-order valence-electron chi connectivity index (χ2n) is 4.16. The van der Waals surface area contributed by atoms with Gasteiger partial charge < -0.3 is 15.1 Å². The molecule has 0 spiro atoms. The van der Waals surface area contributed by atoms with E-state index in [4.69, 9.17) is 5.11 Å². The van der Waals surface area contributed by atoms with Crippen molar-refractivity contribution in [1.29, 1.82) is 0 Å². The summed E-state index contributed by atoms with van der Waals surface area (Å²) in [6.07, 6.45) is 1.28. The van der Waals surface area contributed by atoms with E-state index in [1.165, 1.54) is 0 Å². The van der Waals surface area contributed by atoms with Crippen molar-refractivity contribution in [3.05, 3.63) is 0 Å². The zero-order chi connectivity index (χ0) is 10.1. The van der Waals surface area contributed by atoms with Crippen molar-refractivity contribution in [2.45, 2.75) is 25.4 Å². The summed E-state index contributed by atoms with van der Waals surface area (Å²) in [4.78, 5) is 12.6. The molecule has 1 saturated carbocycles. The van der Waals surface area contributed by atoms with E-state index in [1.54, 1.807) is 0 Å². The van der Waals surface area contributed by atoms with Crippen molar-refractivity contribution in [3.8, 4) is 0 Å². The normalized spacial score (nSPS) is 21.5. The third kappa shape index (κ3) is 2.42. The lowest BCUT2D eigenvalue weighted by Gasteiger charge is -2.20. The minimum Gasteiger partial charge on any atom is -0.479 e. The highest BCUT2D eigenvalue weighted by atomic mass is 16.4. The average Bonchev–Trinajstić information content (AvgIpc) is 2.80. The molecule has 0 saturated heterocycles. The quantitative estimate of drug-likeness (QED) is 0.644. The maximum absolute atomic E-state index is 10.6. The van der Waals surface area contributed by atoms with E-state index in [0.717, 1.165) is 25.8 Å². The number of nitrogens with zero attached hydrogens (tertiary/aromatic N) is 1. The first-order valence-corrected chi connectivity index (χ1v) is 4.53. The first-order chi connectivity index (χ1) is 5.98. The fraction of sp³-hybridized carbons (Fsp3) is 0.889. The Hall–Kier alpha value is -0.610. The number of aliphatic hydroxyl groups is 1. The van der Waals surface area contributed by atoms with Crippen molar-refractivity contribution in [2.24, 2.45) is 5.41 Å². The van der Waals surface area contributed by atoms with Crippen molar-refractivity contribution in [3.63, 3.8) is 0 Å². The van der Waals surface area contributed by atoms with Gasteiger partial charge in [-0.2, -0.15) is 0 Å². The highest BCUT2D eigenvalue weighted by Crippen LogP contribution is 2.51. The zero-order valence-electron chi connectivity index (χ0n) is 8.16. The molecule has 1 aliphatic carbocycles. The summed E-state index contributed by atoms with van der Waals surface area (Å²) in [7, 11) is 3.90. The molecule has 1 aliphatic rings. The van der Waals surface area contributed by atoms with Crippen LogP contribution < -0.4 is 0 Å². The Labute approximate surface area is 78.2 Å². The van der Waals surface area contributed by atoms with Crippen LogP contribution in [0.25, 0.3) is 0 Å². The highest BCUT2D eigenvalue weighted by molar-refractivity contribution is 5.73. The Morgan fingerprint density at radius 3 is 2.38 bits per heavy atom. The molecule has 0 aromatic heterocycles. The van der Waals surface area contributed by atoms with Crippen molar-refractivity contribution in [2.75, 3.05) is 20.6 Å². The number of carboxylic acids is 1. The molecule has 0 radical (unpaired) electrons.